The van der Waals surface area contributed by atoms with Crippen LogP contribution in [0.3, 0.4) is 0 Å². The molecule has 0 spiro atoms. The molecule has 1 aliphatic rings. The Balaban J connectivity index is 2.26. The molecule has 3 atom stereocenters. The maximum atomic E-state index is 11.5. The highest BCUT2D eigenvalue weighted by atomic mass is 16.5. The van der Waals surface area contributed by atoms with Crippen LogP contribution in [0.4, 0.5) is 0 Å². The predicted octanol–water partition coefficient (Wildman–Crippen LogP) is 3.59. The number of ether oxygens (including phenoxy) is 1. The highest BCUT2D eigenvalue weighted by Crippen LogP contribution is 2.35. The standard InChI is InChI=1S/C20H30N2O2/c1-13(2)18-16(11-14-9-7-6-8-10-14)22-19(24-18)15(12-17(21)23)20(3,4)5/h6-10,13,15-16,18H,11-12H2,1-5H3,(H2,21,23)/t15-,16+,18+/m1/s1. The lowest BCUT2D eigenvalue weighted by molar-refractivity contribution is -0.119. The smallest absolute Gasteiger partial charge is 0.218 e. The first kappa shape index (κ1) is 18.5. The molecule has 1 heterocycles. The number of rotatable bonds is 6. The average Bonchev–Trinajstić information content (AvgIpc) is 2.88. The van der Waals surface area contributed by atoms with Gasteiger partial charge in [-0.15, -0.1) is 0 Å². The lowest BCUT2D eigenvalue weighted by Crippen LogP contribution is -2.35. The molecule has 0 fully saturated rings. The number of carbonyl (C=O) groups excluding carboxylic acids is 1. The summed E-state index contributed by atoms with van der Waals surface area (Å²) >= 11 is 0. The van der Waals surface area contributed by atoms with Crippen molar-refractivity contribution in [3.05, 3.63) is 35.9 Å². The molecule has 0 aromatic heterocycles. The summed E-state index contributed by atoms with van der Waals surface area (Å²) < 4.78 is 6.24. The van der Waals surface area contributed by atoms with E-state index in [1.54, 1.807) is 0 Å². The molecule has 4 nitrogen and oxygen atoms in total. The molecule has 1 amide bonds. The predicted molar refractivity (Wildman–Crippen MR) is 97.8 cm³/mol. The van der Waals surface area contributed by atoms with Crippen molar-refractivity contribution in [1.82, 2.24) is 0 Å². The molecule has 2 rings (SSSR count). The number of hydrogen-bond donors (Lipinski definition) is 1. The molecule has 24 heavy (non-hydrogen) atoms. The summed E-state index contributed by atoms with van der Waals surface area (Å²) in [6, 6.07) is 10.4. The molecule has 4 heteroatoms. The third kappa shape index (κ3) is 4.59. The number of nitrogens with zero attached hydrogens (tertiary/aromatic N) is 1. The van der Waals surface area contributed by atoms with E-state index in [-0.39, 0.29) is 35.8 Å². The van der Waals surface area contributed by atoms with Gasteiger partial charge in [-0.1, -0.05) is 65.0 Å². The molecule has 0 aliphatic carbocycles. The zero-order valence-corrected chi connectivity index (χ0v) is 15.5. The van der Waals surface area contributed by atoms with E-state index >= 15 is 0 Å². The Morgan fingerprint density at radius 1 is 1.25 bits per heavy atom. The van der Waals surface area contributed by atoms with Gasteiger partial charge in [-0.05, 0) is 23.3 Å². The van der Waals surface area contributed by atoms with Gasteiger partial charge in [0.2, 0.25) is 5.91 Å². The summed E-state index contributed by atoms with van der Waals surface area (Å²) in [5.41, 5.74) is 6.59. The van der Waals surface area contributed by atoms with Gasteiger partial charge in [0.05, 0.1) is 6.04 Å². The summed E-state index contributed by atoms with van der Waals surface area (Å²) in [4.78, 5) is 16.4. The molecule has 2 N–H and O–H groups in total. The highest BCUT2D eigenvalue weighted by molar-refractivity contribution is 5.86. The van der Waals surface area contributed by atoms with Crippen molar-refractivity contribution in [3.8, 4) is 0 Å². The number of primary amides is 1. The number of carbonyl (C=O) groups is 1. The first-order chi connectivity index (χ1) is 11.2. The quantitative estimate of drug-likeness (QED) is 0.866. The number of aliphatic imine (C=N–C) groups is 1. The van der Waals surface area contributed by atoms with Gasteiger partial charge >= 0.3 is 0 Å². The number of benzene rings is 1. The number of amides is 1. The van der Waals surface area contributed by atoms with Gasteiger partial charge in [-0.3, -0.25) is 4.79 Å². The molecule has 0 bridgehead atoms. The van der Waals surface area contributed by atoms with E-state index in [1.165, 1.54) is 5.56 Å². The molecule has 132 valence electrons. The minimum Gasteiger partial charge on any atom is -0.475 e. The highest BCUT2D eigenvalue weighted by Gasteiger charge is 2.40. The second-order valence-electron chi connectivity index (χ2n) is 8.14. The Morgan fingerprint density at radius 2 is 1.88 bits per heavy atom. The minimum atomic E-state index is -0.311. The second-order valence-corrected chi connectivity index (χ2v) is 8.14. The van der Waals surface area contributed by atoms with Crippen LogP contribution in [0.1, 0.15) is 46.6 Å². The maximum absolute atomic E-state index is 11.5. The van der Waals surface area contributed by atoms with E-state index in [1.807, 2.05) is 18.2 Å². The molecule has 1 aromatic carbocycles. The first-order valence-corrected chi connectivity index (χ1v) is 8.75. The maximum Gasteiger partial charge on any atom is 0.218 e. The monoisotopic (exact) mass is 330 g/mol. The van der Waals surface area contributed by atoms with Crippen molar-refractivity contribution in [3.63, 3.8) is 0 Å². The van der Waals surface area contributed by atoms with Crippen LogP contribution in [0.25, 0.3) is 0 Å². The van der Waals surface area contributed by atoms with Crippen molar-refractivity contribution in [2.75, 3.05) is 0 Å². The number of nitrogens with two attached hydrogens (primary N) is 1. The van der Waals surface area contributed by atoms with Gasteiger partial charge < -0.3 is 10.5 Å². The van der Waals surface area contributed by atoms with Crippen LogP contribution in [0, 0.1) is 17.3 Å². The Morgan fingerprint density at radius 3 is 2.38 bits per heavy atom. The van der Waals surface area contributed by atoms with E-state index in [2.05, 4.69) is 46.8 Å². The van der Waals surface area contributed by atoms with Gasteiger partial charge in [0.15, 0.2) is 5.90 Å². The Hall–Kier alpha value is -1.84. The largest absolute Gasteiger partial charge is 0.475 e. The van der Waals surface area contributed by atoms with Crippen LogP contribution in [0.5, 0.6) is 0 Å². The minimum absolute atomic E-state index is 0.0398. The first-order valence-electron chi connectivity index (χ1n) is 8.75. The molecular formula is C20H30N2O2. The molecule has 0 saturated carbocycles. The molecule has 0 radical (unpaired) electrons. The van der Waals surface area contributed by atoms with Gasteiger partial charge in [0.1, 0.15) is 6.10 Å². The third-order valence-corrected chi connectivity index (χ3v) is 4.62. The lowest BCUT2D eigenvalue weighted by atomic mass is 9.78. The van der Waals surface area contributed by atoms with E-state index in [0.717, 1.165) is 6.42 Å². The van der Waals surface area contributed by atoms with E-state index in [4.69, 9.17) is 15.5 Å². The number of hydrogen-bond acceptors (Lipinski definition) is 3. The average molecular weight is 330 g/mol. The topological polar surface area (TPSA) is 64.7 Å². The van der Waals surface area contributed by atoms with Crippen LogP contribution in [-0.2, 0) is 16.0 Å². The summed E-state index contributed by atoms with van der Waals surface area (Å²) in [5.74, 6) is 0.654. The summed E-state index contributed by atoms with van der Waals surface area (Å²) in [5, 5.41) is 0. The van der Waals surface area contributed by atoms with Gasteiger partial charge in [0.25, 0.3) is 0 Å². The van der Waals surface area contributed by atoms with Crippen molar-refractivity contribution < 1.29 is 9.53 Å². The van der Waals surface area contributed by atoms with Crippen molar-refractivity contribution >= 4 is 11.8 Å². The molecule has 1 aliphatic heterocycles. The Bertz CT molecular complexity index is 587. The van der Waals surface area contributed by atoms with E-state index in [0.29, 0.717) is 11.8 Å². The van der Waals surface area contributed by atoms with Crippen molar-refractivity contribution in [1.29, 1.82) is 0 Å². The van der Waals surface area contributed by atoms with E-state index < -0.39 is 0 Å². The SMILES string of the molecule is CC(C)[C@@H]1OC([C@@H](CC(N)=O)C(C)(C)C)=N[C@H]1Cc1ccccc1. The van der Waals surface area contributed by atoms with Crippen LogP contribution < -0.4 is 5.73 Å². The normalized spacial score (nSPS) is 22.2. The Labute approximate surface area is 145 Å². The van der Waals surface area contributed by atoms with Crippen LogP contribution in [-0.4, -0.2) is 24.0 Å². The molecular weight excluding hydrogens is 300 g/mol. The van der Waals surface area contributed by atoms with Gasteiger partial charge in [-0.2, -0.15) is 0 Å². The summed E-state index contributed by atoms with van der Waals surface area (Å²) in [6.45, 7) is 10.6. The fourth-order valence-corrected chi connectivity index (χ4v) is 3.22. The van der Waals surface area contributed by atoms with Crippen molar-refractivity contribution in [2.45, 2.75) is 59.6 Å². The fourth-order valence-electron chi connectivity index (χ4n) is 3.22. The second kappa shape index (κ2) is 7.37. The lowest BCUT2D eigenvalue weighted by Gasteiger charge is -2.30. The third-order valence-electron chi connectivity index (χ3n) is 4.62. The molecule has 0 saturated heterocycles. The van der Waals surface area contributed by atoms with E-state index in [9.17, 15) is 4.79 Å². The zero-order chi connectivity index (χ0) is 17.9. The van der Waals surface area contributed by atoms with Crippen LogP contribution >= 0.6 is 0 Å². The molecule has 0 unspecified atom stereocenters. The Kier molecular flexibility index (Phi) is 5.68. The van der Waals surface area contributed by atoms with Crippen LogP contribution in [0.15, 0.2) is 35.3 Å². The summed E-state index contributed by atoms with van der Waals surface area (Å²) in [6.07, 6.45) is 1.16. The summed E-state index contributed by atoms with van der Waals surface area (Å²) in [7, 11) is 0. The van der Waals surface area contributed by atoms with Gasteiger partial charge in [0, 0.05) is 12.3 Å². The fraction of sp³-hybridized carbons (Fsp3) is 0.600. The zero-order valence-electron chi connectivity index (χ0n) is 15.5. The van der Waals surface area contributed by atoms with Crippen molar-refractivity contribution in [2.24, 2.45) is 28.0 Å². The van der Waals surface area contributed by atoms with Crippen LogP contribution in [0.2, 0.25) is 0 Å². The molecule has 1 aromatic rings. The van der Waals surface area contributed by atoms with Gasteiger partial charge in [-0.25, -0.2) is 4.99 Å².